The minimum absolute atomic E-state index is 0.120. The predicted molar refractivity (Wildman–Crippen MR) is 118 cm³/mol. The van der Waals surface area contributed by atoms with Gasteiger partial charge in [-0.15, -0.1) is 0 Å². The fourth-order valence-electron chi connectivity index (χ4n) is 2.73. The lowest BCUT2D eigenvalue weighted by Crippen LogP contribution is -2.41. The fraction of sp³-hybridized carbons (Fsp3) is 0.571. The van der Waals surface area contributed by atoms with E-state index in [4.69, 9.17) is 14.0 Å². The number of nitrogens with one attached hydrogen (secondary N) is 1. The highest BCUT2D eigenvalue weighted by molar-refractivity contribution is 7.90. The molecular weight excluding hydrogens is 405 g/mol. The first-order chi connectivity index (χ1) is 13.5. The summed E-state index contributed by atoms with van der Waals surface area (Å²) in [5, 5.41) is 2.73. The molecule has 0 saturated carbocycles. The van der Waals surface area contributed by atoms with Gasteiger partial charge in [0.05, 0.1) is 16.1 Å². The molecule has 1 amide bonds. The van der Waals surface area contributed by atoms with Gasteiger partial charge in [-0.05, 0) is 71.6 Å². The zero-order valence-corrected chi connectivity index (χ0v) is 19.8. The van der Waals surface area contributed by atoms with Crippen molar-refractivity contribution in [3.63, 3.8) is 0 Å². The van der Waals surface area contributed by atoms with Crippen LogP contribution in [-0.2, 0) is 23.9 Å². The van der Waals surface area contributed by atoms with Gasteiger partial charge in [0.15, 0.2) is 9.84 Å². The Morgan fingerprint density at radius 2 is 1.73 bits per heavy atom. The molecule has 1 aromatic rings. The highest BCUT2D eigenvalue weighted by Gasteiger charge is 2.52. The number of hydrogen-bond donors (Lipinski definition) is 1. The summed E-state index contributed by atoms with van der Waals surface area (Å²) in [7, 11) is -4.05. The molecule has 1 saturated heterocycles. The van der Waals surface area contributed by atoms with Crippen molar-refractivity contribution in [2.45, 2.75) is 70.2 Å². The Hall–Kier alpha value is -1.84. The molecule has 0 unspecified atom stereocenters. The van der Waals surface area contributed by atoms with E-state index in [2.05, 4.69) is 5.32 Å². The van der Waals surface area contributed by atoms with Crippen LogP contribution in [0.5, 0.6) is 0 Å². The molecule has 1 aliphatic heterocycles. The van der Waals surface area contributed by atoms with E-state index in [-0.39, 0.29) is 11.4 Å². The fourth-order valence-corrected chi connectivity index (χ4v) is 3.41. The van der Waals surface area contributed by atoms with Crippen molar-refractivity contribution in [2.24, 2.45) is 0 Å². The lowest BCUT2D eigenvalue weighted by atomic mass is 9.77. The van der Waals surface area contributed by atoms with Crippen LogP contribution in [-0.4, -0.2) is 51.2 Å². The van der Waals surface area contributed by atoms with Gasteiger partial charge in [0, 0.05) is 12.8 Å². The summed E-state index contributed by atoms with van der Waals surface area (Å²) in [4.78, 5) is 12.4. The number of hydrogen-bond acceptors (Lipinski definition) is 6. The summed E-state index contributed by atoms with van der Waals surface area (Å²) in [6.45, 7) is 13.2. The second kappa shape index (κ2) is 8.36. The lowest BCUT2D eigenvalue weighted by molar-refractivity contribution is 0.00578. The Morgan fingerprint density at radius 3 is 2.23 bits per heavy atom. The highest BCUT2D eigenvalue weighted by atomic mass is 32.2. The minimum Gasteiger partial charge on any atom is -0.444 e. The topological polar surface area (TPSA) is 90.9 Å². The molecule has 1 N–H and O–H groups in total. The van der Waals surface area contributed by atoms with Crippen LogP contribution in [0.3, 0.4) is 0 Å². The second-order valence-corrected chi connectivity index (χ2v) is 11.5. The molecule has 0 aromatic heterocycles. The molecule has 0 spiro atoms. The molecule has 0 aliphatic carbocycles. The summed E-state index contributed by atoms with van der Waals surface area (Å²) in [6.07, 6.45) is 2.37. The molecule has 0 bridgehead atoms. The average Bonchev–Trinajstić information content (AvgIpc) is 2.77. The zero-order valence-electron chi connectivity index (χ0n) is 19.0. The molecule has 1 aliphatic rings. The van der Waals surface area contributed by atoms with Crippen LogP contribution in [0.25, 0.3) is 6.08 Å². The highest BCUT2D eigenvalue weighted by Crippen LogP contribution is 2.38. The number of rotatable bonds is 5. The van der Waals surface area contributed by atoms with Gasteiger partial charge in [-0.25, -0.2) is 13.2 Å². The number of carbonyl (C=O) groups is 1. The predicted octanol–water partition coefficient (Wildman–Crippen LogP) is 3.63. The van der Waals surface area contributed by atoms with Crippen molar-refractivity contribution in [1.29, 1.82) is 0 Å². The van der Waals surface area contributed by atoms with Crippen molar-refractivity contribution >= 4 is 29.1 Å². The normalized spacial score (nSPS) is 18.9. The van der Waals surface area contributed by atoms with E-state index < -0.39 is 39.9 Å². The number of amides is 1. The zero-order chi connectivity index (χ0) is 23.0. The van der Waals surface area contributed by atoms with Gasteiger partial charge in [0.25, 0.3) is 0 Å². The number of carbonyl (C=O) groups excluding carboxylic acids is 1. The van der Waals surface area contributed by atoms with Gasteiger partial charge in [0.1, 0.15) is 5.60 Å². The van der Waals surface area contributed by atoms with E-state index >= 15 is 0 Å². The third-order valence-electron chi connectivity index (χ3n) is 5.03. The van der Waals surface area contributed by atoms with Crippen molar-refractivity contribution in [3.05, 3.63) is 35.3 Å². The first-order valence-corrected chi connectivity index (χ1v) is 11.7. The van der Waals surface area contributed by atoms with E-state index in [1.165, 1.54) is 0 Å². The summed E-state index contributed by atoms with van der Waals surface area (Å²) in [5.41, 5.74) is -0.435. The molecular formula is C21H32BNO6S. The van der Waals surface area contributed by atoms with Crippen LogP contribution < -0.4 is 5.32 Å². The van der Waals surface area contributed by atoms with Gasteiger partial charge in [-0.3, -0.25) is 0 Å². The number of alkyl carbamates (subject to hydrolysis) is 1. The molecule has 0 radical (unpaired) electrons. The van der Waals surface area contributed by atoms with Gasteiger partial charge >= 0.3 is 13.2 Å². The molecule has 166 valence electrons. The van der Waals surface area contributed by atoms with Gasteiger partial charge in [-0.2, -0.15) is 0 Å². The Kier molecular flexibility index (Phi) is 6.81. The van der Waals surface area contributed by atoms with Crippen molar-refractivity contribution in [3.8, 4) is 0 Å². The molecule has 30 heavy (non-hydrogen) atoms. The largest absolute Gasteiger partial charge is 0.492 e. The number of benzene rings is 1. The van der Waals surface area contributed by atoms with Crippen LogP contribution in [0.15, 0.2) is 34.6 Å². The van der Waals surface area contributed by atoms with Crippen LogP contribution >= 0.6 is 0 Å². The summed E-state index contributed by atoms with van der Waals surface area (Å²) >= 11 is 0. The van der Waals surface area contributed by atoms with E-state index in [9.17, 15) is 13.2 Å². The lowest BCUT2D eigenvalue weighted by Gasteiger charge is -2.32. The molecule has 1 fully saturated rings. The molecule has 9 heteroatoms. The van der Waals surface area contributed by atoms with Crippen molar-refractivity contribution in [1.82, 2.24) is 5.32 Å². The second-order valence-electron chi connectivity index (χ2n) is 9.51. The first kappa shape index (κ1) is 24.4. The van der Waals surface area contributed by atoms with Gasteiger partial charge in [0.2, 0.25) is 0 Å². The summed E-state index contributed by atoms with van der Waals surface area (Å²) in [5.74, 6) is 0. The van der Waals surface area contributed by atoms with Gasteiger partial charge < -0.3 is 19.4 Å². The van der Waals surface area contributed by atoms with E-state index in [0.29, 0.717) is 11.0 Å². The number of ether oxygens (including phenoxy) is 1. The van der Waals surface area contributed by atoms with Crippen molar-refractivity contribution < 1.29 is 27.3 Å². The molecule has 0 atom stereocenters. The van der Waals surface area contributed by atoms with Crippen LogP contribution in [0.4, 0.5) is 4.79 Å². The maximum atomic E-state index is 12.1. The summed E-state index contributed by atoms with van der Waals surface area (Å²) in [6, 6.07) is 6.58. The van der Waals surface area contributed by atoms with Crippen LogP contribution in [0.2, 0.25) is 0 Å². The van der Waals surface area contributed by atoms with E-state index in [0.717, 1.165) is 6.26 Å². The average molecular weight is 437 g/mol. The third-order valence-corrected chi connectivity index (χ3v) is 6.14. The van der Waals surface area contributed by atoms with Crippen molar-refractivity contribution in [2.75, 3.05) is 12.8 Å². The maximum absolute atomic E-state index is 12.1. The number of sulfone groups is 1. The Morgan fingerprint density at radius 1 is 1.17 bits per heavy atom. The maximum Gasteiger partial charge on any atom is 0.492 e. The third kappa shape index (κ3) is 6.33. The summed E-state index contributed by atoms with van der Waals surface area (Å²) < 4.78 is 41.4. The minimum atomic E-state index is -3.34. The molecule has 7 nitrogen and oxygen atoms in total. The van der Waals surface area contributed by atoms with Gasteiger partial charge in [-0.1, -0.05) is 18.2 Å². The smallest absolute Gasteiger partial charge is 0.444 e. The SMILES string of the molecule is CC(C)(C)OC(=O)NCC(=Cc1cccc(S(C)(=O)=O)c1)B1OC(C)(C)C(C)(C)O1. The Balaban J connectivity index is 2.35. The molecule has 1 aromatic carbocycles. The Bertz CT molecular complexity index is 915. The van der Waals surface area contributed by atoms with Crippen LogP contribution in [0.1, 0.15) is 54.0 Å². The molecule has 2 rings (SSSR count). The van der Waals surface area contributed by atoms with E-state index in [1.807, 2.05) is 27.7 Å². The first-order valence-electron chi connectivity index (χ1n) is 9.83. The Labute approximate surface area is 180 Å². The molecule has 1 heterocycles. The van der Waals surface area contributed by atoms with E-state index in [1.54, 1.807) is 51.1 Å². The van der Waals surface area contributed by atoms with Crippen LogP contribution in [0, 0.1) is 0 Å². The standard InChI is InChI=1S/C21H32BNO6S/c1-19(2,3)27-18(24)23-14-16(22-28-20(4,5)21(6,7)29-22)12-15-10-9-11-17(13-15)30(8,25)26/h9-13H,14H2,1-8H3,(H,23,24). The quantitative estimate of drug-likeness (QED) is 0.708. The monoisotopic (exact) mass is 437 g/mol.